The summed E-state index contributed by atoms with van der Waals surface area (Å²) in [4.78, 5) is 0. The van der Waals surface area contributed by atoms with Crippen LogP contribution in [0.3, 0.4) is 0 Å². The summed E-state index contributed by atoms with van der Waals surface area (Å²) in [6, 6.07) is 0. The Kier molecular flexibility index (Phi) is 4.56. The third-order valence-corrected chi connectivity index (χ3v) is 2.10. The highest BCUT2D eigenvalue weighted by molar-refractivity contribution is 5.15. The van der Waals surface area contributed by atoms with E-state index in [1.54, 1.807) is 0 Å². The first-order valence-electron chi connectivity index (χ1n) is 4.29. The van der Waals surface area contributed by atoms with Gasteiger partial charge in [-0.2, -0.15) is 35.1 Å². The molecule has 0 bridgehead atoms. The number of alkyl halides is 9. The average molecular weight is 310 g/mol. The van der Waals surface area contributed by atoms with Crippen molar-refractivity contribution in [3.8, 4) is 0 Å². The molecule has 114 valence electrons. The van der Waals surface area contributed by atoms with Gasteiger partial charge in [-0.05, 0) is 6.92 Å². The first kappa shape index (κ1) is 18.0. The van der Waals surface area contributed by atoms with Gasteiger partial charge < -0.3 is 0 Å². The Morgan fingerprint density at radius 3 is 1.53 bits per heavy atom. The molecule has 0 rings (SSSR count). The van der Waals surface area contributed by atoms with E-state index in [2.05, 4.69) is 0 Å². The van der Waals surface area contributed by atoms with Crippen LogP contribution in [0.25, 0.3) is 0 Å². The summed E-state index contributed by atoms with van der Waals surface area (Å²) in [5.41, 5.74) is 0. The van der Waals surface area contributed by atoms with Crippen molar-refractivity contribution in [2.75, 3.05) is 0 Å². The Balaban J connectivity index is 5.91. The van der Waals surface area contributed by atoms with Gasteiger partial charge in [0.1, 0.15) is 6.33 Å². The van der Waals surface area contributed by atoms with Crippen molar-refractivity contribution >= 4 is 0 Å². The normalized spacial score (nSPS) is 17.6. The summed E-state index contributed by atoms with van der Waals surface area (Å²) in [5.74, 6) is -30.5. The van der Waals surface area contributed by atoms with E-state index in [4.69, 9.17) is 0 Å². The fourth-order valence-corrected chi connectivity index (χ4v) is 0.875. The largest absolute Gasteiger partial charge is 0.385 e. The van der Waals surface area contributed by atoms with Crippen LogP contribution in [0.15, 0.2) is 12.2 Å². The second-order valence-electron chi connectivity index (χ2n) is 3.42. The van der Waals surface area contributed by atoms with Gasteiger partial charge in [-0.3, -0.25) is 0 Å². The van der Waals surface area contributed by atoms with Crippen molar-refractivity contribution in [2.24, 2.45) is 0 Å². The van der Waals surface area contributed by atoms with Gasteiger partial charge in [0, 0.05) is 0 Å². The molecule has 1 atom stereocenters. The van der Waals surface area contributed by atoms with Gasteiger partial charge in [0.2, 0.25) is 5.83 Å². The van der Waals surface area contributed by atoms with Gasteiger partial charge in [0.15, 0.2) is 6.17 Å². The number of rotatable bonds is 5. The van der Waals surface area contributed by atoms with Crippen molar-refractivity contribution < 1.29 is 48.3 Å². The minimum Gasteiger partial charge on any atom is -0.241 e. The van der Waals surface area contributed by atoms with Gasteiger partial charge in [-0.25, -0.2) is 13.2 Å². The van der Waals surface area contributed by atoms with Crippen LogP contribution < -0.4 is 0 Å². The standard InChI is InChI=1S/C8H5F11/c1-3(10)5(12,13)7(16,17)8(18,19)6(14,15)4(11)2-9/h2-3H,1H3. The lowest BCUT2D eigenvalue weighted by molar-refractivity contribution is -0.369. The summed E-state index contributed by atoms with van der Waals surface area (Å²) >= 11 is 0. The van der Waals surface area contributed by atoms with Crippen molar-refractivity contribution in [3.05, 3.63) is 12.2 Å². The Bertz CT molecular complexity index is 354. The van der Waals surface area contributed by atoms with Crippen LogP contribution in [0.2, 0.25) is 0 Å². The third-order valence-electron chi connectivity index (χ3n) is 2.10. The minimum absolute atomic E-state index is 0.288. The maximum atomic E-state index is 12.7. The van der Waals surface area contributed by atoms with Crippen molar-refractivity contribution in [2.45, 2.75) is 36.8 Å². The topological polar surface area (TPSA) is 0 Å². The molecular weight excluding hydrogens is 305 g/mol. The molecule has 0 heterocycles. The molecule has 11 heteroatoms. The van der Waals surface area contributed by atoms with Gasteiger partial charge in [-0.1, -0.05) is 0 Å². The third kappa shape index (κ3) is 2.38. The van der Waals surface area contributed by atoms with Crippen LogP contribution in [0.1, 0.15) is 6.92 Å². The van der Waals surface area contributed by atoms with E-state index >= 15 is 0 Å². The summed E-state index contributed by atoms with van der Waals surface area (Å²) < 4.78 is 137. The molecule has 0 radical (unpaired) electrons. The zero-order valence-electron chi connectivity index (χ0n) is 8.81. The number of allylic oxidation sites excluding steroid dienone is 1. The monoisotopic (exact) mass is 310 g/mol. The highest BCUT2D eigenvalue weighted by Crippen LogP contribution is 2.56. The molecule has 0 fully saturated rings. The molecule has 0 aromatic carbocycles. The molecule has 0 nitrogen and oxygen atoms in total. The van der Waals surface area contributed by atoms with Crippen molar-refractivity contribution in [1.82, 2.24) is 0 Å². The smallest absolute Gasteiger partial charge is 0.241 e. The minimum atomic E-state index is -7.06. The summed E-state index contributed by atoms with van der Waals surface area (Å²) in [6.45, 7) is -0.288. The van der Waals surface area contributed by atoms with Crippen LogP contribution in [0.4, 0.5) is 48.3 Å². The molecule has 0 saturated heterocycles. The van der Waals surface area contributed by atoms with Crippen molar-refractivity contribution in [1.29, 1.82) is 0 Å². The molecule has 0 aromatic heterocycles. The lowest BCUT2D eigenvalue weighted by Gasteiger charge is -2.36. The van der Waals surface area contributed by atoms with Crippen LogP contribution in [-0.4, -0.2) is 29.9 Å². The zero-order chi connectivity index (χ0) is 15.9. The number of hydrogen-bond donors (Lipinski definition) is 0. The van der Waals surface area contributed by atoms with Crippen molar-refractivity contribution in [3.63, 3.8) is 0 Å². The average Bonchev–Trinajstić information content (AvgIpc) is 2.26. The van der Waals surface area contributed by atoms with E-state index in [-0.39, 0.29) is 6.92 Å². The lowest BCUT2D eigenvalue weighted by atomic mass is 9.95. The highest BCUT2D eigenvalue weighted by atomic mass is 19.4. The number of halogens is 11. The predicted molar refractivity (Wildman–Crippen MR) is 40.7 cm³/mol. The van der Waals surface area contributed by atoms with Crippen LogP contribution >= 0.6 is 0 Å². The van der Waals surface area contributed by atoms with Crippen LogP contribution in [0, 0.1) is 0 Å². The Labute approximate surface area is 98.4 Å². The SMILES string of the molecule is CC(F)C(F)(F)C(F)(F)C(F)(F)C(F)(F)C(F)=CF. The highest BCUT2D eigenvalue weighted by Gasteiger charge is 2.83. The maximum Gasteiger partial charge on any atom is 0.385 e. The zero-order valence-corrected chi connectivity index (χ0v) is 8.81. The van der Waals surface area contributed by atoms with E-state index < -0.39 is 42.0 Å². The second kappa shape index (κ2) is 4.82. The number of hydrogen-bond acceptors (Lipinski definition) is 0. The molecule has 0 aliphatic heterocycles. The van der Waals surface area contributed by atoms with Crippen LogP contribution in [0.5, 0.6) is 0 Å². The Morgan fingerprint density at radius 2 is 1.26 bits per heavy atom. The first-order valence-corrected chi connectivity index (χ1v) is 4.29. The molecule has 0 saturated carbocycles. The Hall–Kier alpha value is -1.03. The van der Waals surface area contributed by atoms with E-state index in [9.17, 15) is 48.3 Å². The van der Waals surface area contributed by atoms with E-state index in [1.165, 1.54) is 0 Å². The lowest BCUT2D eigenvalue weighted by Crippen LogP contribution is -2.64. The fourth-order valence-electron chi connectivity index (χ4n) is 0.875. The predicted octanol–water partition coefficient (Wildman–Crippen LogP) is 4.67. The quantitative estimate of drug-likeness (QED) is 0.648. The molecule has 0 aliphatic rings. The Morgan fingerprint density at radius 1 is 0.895 bits per heavy atom. The molecule has 0 amide bonds. The van der Waals surface area contributed by atoms with Gasteiger partial charge in [0.05, 0.1) is 0 Å². The molecular formula is C8H5F11. The van der Waals surface area contributed by atoms with Crippen LogP contribution in [-0.2, 0) is 0 Å². The van der Waals surface area contributed by atoms with E-state index in [0.717, 1.165) is 0 Å². The molecule has 0 aliphatic carbocycles. The fraction of sp³-hybridized carbons (Fsp3) is 0.750. The van der Waals surface area contributed by atoms with E-state index in [1.807, 2.05) is 0 Å². The summed E-state index contributed by atoms with van der Waals surface area (Å²) in [5, 5.41) is 0. The summed E-state index contributed by atoms with van der Waals surface area (Å²) in [6.07, 6.45) is -5.73. The molecule has 0 spiro atoms. The van der Waals surface area contributed by atoms with E-state index in [0.29, 0.717) is 0 Å². The molecule has 1 unspecified atom stereocenters. The molecule has 0 aromatic rings. The van der Waals surface area contributed by atoms with Gasteiger partial charge in [-0.15, -0.1) is 0 Å². The van der Waals surface area contributed by atoms with Gasteiger partial charge in [0.25, 0.3) is 0 Å². The van der Waals surface area contributed by atoms with Gasteiger partial charge >= 0.3 is 23.7 Å². The molecule has 0 N–H and O–H groups in total. The summed E-state index contributed by atoms with van der Waals surface area (Å²) in [7, 11) is 0. The maximum absolute atomic E-state index is 12.7. The second-order valence-corrected chi connectivity index (χ2v) is 3.42. The first-order chi connectivity index (χ1) is 8.17. The molecule has 19 heavy (non-hydrogen) atoms.